The summed E-state index contributed by atoms with van der Waals surface area (Å²) in [6.07, 6.45) is 0.148. The number of benzene rings is 1. The molecule has 1 aromatic carbocycles. The molecular weight excluding hydrogens is 232 g/mol. The number of ether oxygens (including phenoxy) is 1. The van der Waals surface area contributed by atoms with Crippen LogP contribution in [0.4, 0.5) is 0 Å². The Morgan fingerprint density at radius 1 is 1.44 bits per heavy atom. The van der Waals surface area contributed by atoms with E-state index in [1.54, 1.807) is 6.92 Å². The molecule has 5 nitrogen and oxygen atoms in total. The van der Waals surface area contributed by atoms with Crippen LogP contribution in [0.15, 0.2) is 23.1 Å². The van der Waals surface area contributed by atoms with Crippen LogP contribution in [-0.4, -0.2) is 25.9 Å². The molecule has 0 saturated carbocycles. The van der Waals surface area contributed by atoms with E-state index >= 15 is 0 Å². The van der Waals surface area contributed by atoms with Crippen molar-refractivity contribution in [3.05, 3.63) is 23.8 Å². The van der Waals surface area contributed by atoms with Gasteiger partial charge >= 0.3 is 0 Å². The summed E-state index contributed by atoms with van der Waals surface area (Å²) in [6.45, 7) is 1.61. The van der Waals surface area contributed by atoms with Gasteiger partial charge in [0.05, 0.1) is 7.11 Å². The van der Waals surface area contributed by atoms with E-state index < -0.39 is 15.0 Å². The Bertz CT molecular complexity index is 504. The van der Waals surface area contributed by atoms with Gasteiger partial charge < -0.3 is 4.74 Å². The van der Waals surface area contributed by atoms with Crippen LogP contribution in [0.2, 0.25) is 0 Å². The first-order valence-corrected chi connectivity index (χ1v) is 6.03. The van der Waals surface area contributed by atoms with E-state index in [-0.39, 0.29) is 23.5 Å². The van der Waals surface area contributed by atoms with Gasteiger partial charge in [-0.05, 0) is 12.1 Å². The Morgan fingerprint density at radius 2 is 2.06 bits per heavy atom. The largest absolute Gasteiger partial charge is 0.495 e. The SMILES string of the molecule is CCC(=O)c1cccc(OC)c1S(=O)(=O)O. The number of ketones is 1. The second-order valence-corrected chi connectivity index (χ2v) is 4.45. The summed E-state index contributed by atoms with van der Waals surface area (Å²) in [6, 6.07) is 4.21. The lowest BCUT2D eigenvalue weighted by Gasteiger charge is -2.09. The molecule has 0 saturated heterocycles. The maximum atomic E-state index is 11.5. The van der Waals surface area contributed by atoms with E-state index in [2.05, 4.69) is 0 Å². The summed E-state index contributed by atoms with van der Waals surface area (Å²) in [4.78, 5) is 11.0. The Labute approximate surface area is 93.8 Å². The molecule has 0 aromatic heterocycles. The van der Waals surface area contributed by atoms with E-state index in [1.165, 1.54) is 25.3 Å². The molecule has 0 atom stereocenters. The van der Waals surface area contributed by atoms with E-state index in [4.69, 9.17) is 9.29 Å². The number of methoxy groups -OCH3 is 1. The molecule has 0 bridgehead atoms. The zero-order valence-corrected chi connectivity index (χ0v) is 9.74. The van der Waals surface area contributed by atoms with Crippen LogP contribution in [-0.2, 0) is 10.1 Å². The van der Waals surface area contributed by atoms with Crippen molar-refractivity contribution in [2.45, 2.75) is 18.2 Å². The van der Waals surface area contributed by atoms with Crippen molar-refractivity contribution in [1.82, 2.24) is 0 Å². The molecule has 0 amide bonds. The predicted octanol–water partition coefficient (Wildman–Crippen LogP) is 1.53. The lowest BCUT2D eigenvalue weighted by molar-refractivity contribution is 0.0984. The number of hydrogen-bond donors (Lipinski definition) is 1. The molecule has 0 aliphatic heterocycles. The van der Waals surface area contributed by atoms with Gasteiger partial charge in [0.15, 0.2) is 5.78 Å². The minimum atomic E-state index is -4.48. The van der Waals surface area contributed by atoms with Gasteiger partial charge in [0.2, 0.25) is 0 Å². The third-order valence-corrected chi connectivity index (χ3v) is 3.02. The molecule has 1 N–H and O–H groups in total. The highest BCUT2D eigenvalue weighted by atomic mass is 32.2. The summed E-state index contributed by atoms with van der Waals surface area (Å²) in [7, 11) is -3.21. The van der Waals surface area contributed by atoms with Gasteiger partial charge in [-0.1, -0.05) is 13.0 Å². The number of carbonyl (C=O) groups is 1. The van der Waals surface area contributed by atoms with Crippen molar-refractivity contribution in [2.75, 3.05) is 7.11 Å². The fourth-order valence-electron chi connectivity index (χ4n) is 1.35. The second kappa shape index (κ2) is 4.63. The lowest BCUT2D eigenvalue weighted by atomic mass is 10.1. The molecule has 0 heterocycles. The van der Waals surface area contributed by atoms with Crippen molar-refractivity contribution in [1.29, 1.82) is 0 Å². The first kappa shape index (κ1) is 12.7. The van der Waals surface area contributed by atoms with Crippen molar-refractivity contribution in [2.24, 2.45) is 0 Å². The van der Waals surface area contributed by atoms with E-state index in [9.17, 15) is 13.2 Å². The van der Waals surface area contributed by atoms with E-state index in [0.717, 1.165) is 0 Å². The molecule has 88 valence electrons. The van der Waals surface area contributed by atoms with Crippen LogP contribution in [0, 0.1) is 0 Å². The maximum Gasteiger partial charge on any atom is 0.298 e. The molecule has 0 aliphatic rings. The number of rotatable bonds is 4. The predicted molar refractivity (Wildman–Crippen MR) is 57.4 cm³/mol. The third kappa shape index (κ3) is 2.40. The molecule has 1 aromatic rings. The van der Waals surface area contributed by atoms with Gasteiger partial charge in [0.25, 0.3) is 10.1 Å². The summed E-state index contributed by atoms with van der Waals surface area (Å²) in [5.41, 5.74) is -0.0515. The van der Waals surface area contributed by atoms with E-state index in [1.807, 2.05) is 0 Å². The molecule has 0 spiro atoms. The van der Waals surface area contributed by atoms with Crippen molar-refractivity contribution >= 4 is 15.9 Å². The smallest absolute Gasteiger partial charge is 0.298 e. The maximum absolute atomic E-state index is 11.5. The van der Waals surface area contributed by atoms with Crippen molar-refractivity contribution in [3.8, 4) is 5.75 Å². The average molecular weight is 244 g/mol. The topological polar surface area (TPSA) is 80.7 Å². The van der Waals surface area contributed by atoms with Crippen molar-refractivity contribution in [3.63, 3.8) is 0 Å². The lowest BCUT2D eigenvalue weighted by Crippen LogP contribution is -2.09. The highest BCUT2D eigenvalue weighted by molar-refractivity contribution is 7.86. The van der Waals surface area contributed by atoms with Gasteiger partial charge in [0, 0.05) is 12.0 Å². The Balaban J connectivity index is 3.57. The van der Waals surface area contributed by atoms with Crippen LogP contribution < -0.4 is 4.74 Å². The summed E-state index contributed by atoms with van der Waals surface area (Å²) >= 11 is 0. The van der Waals surface area contributed by atoms with E-state index in [0.29, 0.717) is 0 Å². The first-order chi connectivity index (χ1) is 7.41. The Kier molecular flexibility index (Phi) is 3.66. The van der Waals surface area contributed by atoms with Gasteiger partial charge in [-0.2, -0.15) is 8.42 Å². The van der Waals surface area contributed by atoms with Gasteiger partial charge in [0.1, 0.15) is 10.6 Å². The normalized spacial score (nSPS) is 11.2. The number of carbonyl (C=O) groups excluding carboxylic acids is 1. The van der Waals surface area contributed by atoms with Crippen LogP contribution in [0.25, 0.3) is 0 Å². The number of hydrogen-bond acceptors (Lipinski definition) is 4. The monoisotopic (exact) mass is 244 g/mol. The van der Waals surface area contributed by atoms with Gasteiger partial charge in [-0.15, -0.1) is 0 Å². The summed E-state index contributed by atoms with van der Waals surface area (Å²) in [5.74, 6) is -0.409. The van der Waals surface area contributed by atoms with Crippen LogP contribution in [0.5, 0.6) is 5.75 Å². The molecule has 0 fully saturated rings. The fraction of sp³-hybridized carbons (Fsp3) is 0.300. The molecule has 0 unspecified atom stereocenters. The summed E-state index contributed by atoms with van der Waals surface area (Å²) in [5, 5.41) is 0. The Morgan fingerprint density at radius 3 is 2.50 bits per heavy atom. The molecule has 1 rings (SSSR count). The number of Topliss-reactive ketones (excluding diaryl/α,β-unsaturated/α-hetero) is 1. The van der Waals surface area contributed by atoms with Crippen molar-refractivity contribution < 1.29 is 22.5 Å². The quantitative estimate of drug-likeness (QED) is 0.641. The Hall–Kier alpha value is -1.40. The minimum Gasteiger partial charge on any atom is -0.495 e. The van der Waals surface area contributed by atoms with Crippen LogP contribution in [0.1, 0.15) is 23.7 Å². The zero-order chi connectivity index (χ0) is 12.3. The third-order valence-electron chi connectivity index (χ3n) is 2.08. The zero-order valence-electron chi connectivity index (χ0n) is 8.93. The first-order valence-electron chi connectivity index (χ1n) is 4.59. The van der Waals surface area contributed by atoms with Gasteiger partial charge in [-0.25, -0.2) is 0 Å². The highest BCUT2D eigenvalue weighted by Crippen LogP contribution is 2.27. The minimum absolute atomic E-state index is 0.0400. The van der Waals surface area contributed by atoms with Gasteiger partial charge in [-0.3, -0.25) is 9.35 Å². The second-order valence-electron chi connectivity index (χ2n) is 3.09. The molecular formula is C10H12O5S. The fourth-order valence-corrected chi connectivity index (χ4v) is 2.22. The molecule has 0 radical (unpaired) electrons. The molecule has 16 heavy (non-hydrogen) atoms. The van der Waals surface area contributed by atoms with Crippen LogP contribution in [0.3, 0.4) is 0 Å². The standard InChI is InChI=1S/C10H12O5S/c1-3-8(11)7-5-4-6-9(15-2)10(7)16(12,13)14/h4-6H,3H2,1-2H3,(H,12,13,14). The van der Waals surface area contributed by atoms with Crippen LogP contribution >= 0.6 is 0 Å². The average Bonchev–Trinajstić information content (AvgIpc) is 2.25. The molecule has 6 heteroatoms. The summed E-state index contributed by atoms with van der Waals surface area (Å²) < 4.78 is 36.2. The highest BCUT2D eigenvalue weighted by Gasteiger charge is 2.24. The molecule has 0 aliphatic carbocycles.